The van der Waals surface area contributed by atoms with E-state index in [2.05, 4.69) is 29.7 Å². The first-order valence-electron chi connectivity index (χ1n) is 9.34. The van der Waals surface area contributed by atoms with Gasteiger partial charge in [-0.15, -0.1) is 0 Å². The Kier molecular flexibility index (Phi) is 8.01. The predicted molar refractivity (Wildman–Crippen MR) is 110 cm³/mol. The van der Waals surface area contributed by atoms with Crippen LogP contribution in [-0.4, -0.2) is 43.4 Å². The third kappa shape index (κ3) is 7.23. The number of benzene rings is 2. The molecule has 0 heterocycles. The number of rotatable bonds is 9. The summed E-state index contributed by atoms with van der Waals surface area (Å²) in [4.78, 5) is 26.0. The summed E-state index contributed by atoms with van der Waals surface area (Å²) in [5.74, 6) is 0.0881. The summed E-state index contributed by atoms with van der Waals surface area (Å²) in [7, 11) is 1.77. The van der Waals surface area contributed by atoms with E-state index >= 15 is 0 Å². The summed E-state index contributed by atoms with van der Waals surface area (Å²) in [6, 6.07) is 17.8. The van der Waals surface area contributed by atoms with Crippen LogP contribution in [0.5, 0.6) is 0 Å². The molecule has 0 spiro atoms. The maximum atomic E-state index is 12.2. The molecule has 144 valence electrons. The van der Waals surface area contributed by atoms with Crippen LogP contribution in [0.15, 0.2) is 54.6 Å². The van der Waals surface area contributed by atoms with Crippen molar-refractivity contribution < 1.29 is 9.59 Å². The maximum Gasteiger partial charge on any atom is 0.238 e. The number of carbonyl (C=O) groups is 2. The number of nitrogens with zero attached hydrogens (tertiary/aromatic N) is 1. The molecule has 0 fully saturated rings. The van der Waals surface area contributed by atoms with E-state index in [4.69, 9.17) is 0 Å². The zero-order valence-corrected chi connectivity index (χ0v) is 16.4. The average molecular weight is 367 g/mol. The average Bonchev–Trinajstić information content (AvgIpc) is 2.64. The van der Waals surface area contributed by atoms with Crippen LogP contribution in [0, 0.1) is 6.92 Å². The molecule has 5 nitrogen and oxygen atoms in total. The smallest absolute Gasteiger partial charge is 0.238 e. The fourth-order valence-corrected chi connectivity index (χ4v) is 2.90. The van der Waals surface area contributed by atoms with Crippen molar-refractivity contribution in [1.82, 2.24) is 10.2 Å². The Bertz CT molecular complexity index is 729. The van der Waals surface area contributed by atoms with Gasteiger partial charge in [0, 0.05) is 18.2 Å². The summed E-state index contributed by atoms with van der Waals surface area (Å²) in [5.41, 5.74) is 3.13. The van der Waals surface area contributed by atoms with Crippen LogP contribution in [0.1, 0.15) is 30.4 Å². The van der Waals surface area contributed by atoms with Crippen molar-refractivity contribution in [2.75, 3.05) is 32.0 Å². The van der Waals surface area contributed by atoms with Crippen LogP contribution in [0.3, 0.4) is 0 Å². The maximum absolute atomic E-state index is 12.2. The second-order valence-electron chi connectivity index (χ2n) is 6.91. The fourth-order valence-electron chi connectivity index (χ4n) is 2.90. The Morgan fingerprint density at radius 2 is 1.59 bits per heavy atom. The lowest BCUT2D eigenvalue weighted by molar-refractivity contribution is -0.123. The number of nitrogens with one attached hydrogen (secondary N) is 2. The molecule has 0 aliphatic rings. The van der Waals surface area contributed by atoms with E-state index in [1.807, 2.05) is 49.4 Å². The number of aryl methyl sites for hydroxylation is 1. The fraction of sp³-hybridized carbons (Fsp3) is 0.364. The third-order valence-electron chi connectivity index (χ3n) is 4.47. The third-order valence-corrected chi connectivity index (χ3v) is 4.47. The quantitative estimate of drug-likeness (QED) is 0.716. The van der Waals surface area contributed by atoms with E-state index in [1.165, 1.54) is 5.56 Å². The summed E-state index contributed by atoms with van der Waals surface area (Å²) in [5, 5.41) is 5.82. The molecule has 0 aromatic heterocycles. The van der Waals surface area contributed by atoms with Gasteiger partial charge in [-0.1, -0.05) is 55.0 Å². The largest absolute Gasteiger partial charge is 0.354 e. The highest BCUT2D eigenvalue weighted by Gasteiger charge is 2.13. The minimum absolute atomic E-state index is 0.0741. The standard InChI is InChI=1S/C22H29N3O2/c1-4-18(19-8-6-5-7-9-19)14-23-21(26)15-25(3)16-22(27)24-20-12-10-17(2)11-13-20/h5-13,18H,4,14-16H2,1-3H3,(H,23,26)(H,24,27)/t18-/m0/s1. The van der Waals surface area contributed by atoms with Crippen molar-refractivity contribution in [2.45, 2.75) is 26.2 Å². The normalized spacial score (nSPS) is 11.9. The Morgan fingerprint density at radius 3 is 2.22 bits per heavy atom. The molecule has 2 N–H and O–H groups in total. The molecule has 2 rings (SSSR count). The summed E-state index contributed by atoms with van der Waals surface area (Å²) in [6.45, 7) is 5.07. The van der Waals surface area contributed by atoms with Crippen molar-refractivity contribution in [2.24, 2.45) is 0 Å². The molecule has 0 aliphatic heterocycles. The van der Waals surface area contributed by atoms with Gasteiger partial charge in [-0.25, -0.2) is 0 Å². The molecule has 2 aromatic rings. The molecular weight excluding hydrogens is 338 g/mol. The Morgan fingerprint density at radius 1 is 0.963 bits per heavy atom. The van der Waals surface area contributed by atoms with E-state index in [0.717, 1.165) is 17.7 Å². The molecule has 0 saturated heterocycles. The molecule has 0 aliphatic carbocycles. The molecule has 0 unspecified atom stereocenters. The molecule has 5 heteroatoms. The Balaban J connectivity index is 1.74. The number of amides is 2. The van der Waals surface area contributed by atoms with Crippen molar-refractivity contribution in [3.05, 3.63) is 65.7 Å². The molecular formula is C22H29N3O2. The lowest BCUT2D eigenvalue weighted by atomic mass is 9.96. The Hall–Kier alpha value is -2.66. The number of likely N-dealkylation sites (N-methyl/N-ethyl adjacent to an activating group) is 1. The first-order valence-corrected chi connectivity index (χ1v) is 9.34. The van der Waals surface area contributed by atoms with E-state index in [-0.39, 0.29) is 24.9 Å². The first-order chi connectivity index (χ1) is 13.0. The van der Waals surface area contributed by atoms with Gasteiger partial charge in [-0.05, 0) is 38.1 Å². The number of carbonyl (C=O) groups excluding carboxylic acids is 2. The van der Waals surface area contributed by atoms with Gasteiger partial charge in [-0.2, -0.15) is 0 Å². The number of hydrogen-bond acceptors (Lipinski definition) is 3. The molecule has 0 saturated carbocycles. The molecule has 0 bridgehead atoms. The summed E-state index contributed by atoms with van der Waals surface area (Å²) in [6.07, 6.45) is 0.957. The molecule has 2 aromatic carbocycles. The molecule has 1 atom stereocenters. The van der Waals surface area contributed by atoms with Gasteiger partial charge in [-0.3, -0.25) is 14.5 Å². The SMILES string of the molecule is CC[C@@H](CNC(=O)CN(C)CC(=O)Nc1ccc(C)cc1)c1ccccc1. The van der Waals surface area contributed by atoms with Gasteiger partial charge in [0.25, 0.3) is 0 Å². The van der Waals surface area contributed by atoms with Gasteiger partial charge in [0.2, 0.25) is 11.8 Å². The van der Waals surface area contributed by atoms with Crippen molar-refractivity contribution >= 4 is 17.5 Å². The van der Waals surface area contributed by atoms with Gasteiger partial charge in [0.15, 0.2) is 0 Å². The van der Waals surface area contributed by atoms with Crippen LogP contribution in [0.25, 0.3) is 0 Å². The minimum atomic E-state index is -0.134. The summed E-state index contributed by atoms with van der Waals surface area (Å²) >= 11 is 0. The van der Waals surface area contributed by atoms with E-state index in [0.29, 0.717) is 12.5 Å². The van der Waals surface area contributed by atoms with Crippen molar-refractivity contribution in [3.63, 3.8) is 0 Å². The summed E-state index contributed by atoms with van der Waals surface area (Å²) < 4.78 is 0. The van der Waals surface area contributed by atoms with Gasteiger partial charge < -0.3 is 10.6 Å². The minimum Gasteiger partial charge on any atom is -0.354 e. The zero-order chi connectivity index (χ0) is 19.6. The lowest BCUT2D eigenvalue weighted by Crippen LogP contribution is -2.40. The monoisotopic (exact) mass is 367 g/mol. The molecule has 27 heavy (non-hydrogen) atoms. The highest BCUT2D eigenvalue weighted by molar-refractivity contribution is 5.92. The highest BCUT2D eigenvalue weighted by atomic mass is 16.2. The van der Waals surface area contributed by atoms with Crippen molar-refractivity contribution in [1.29, 1.82) is 0 Å². The molecule has 2 amide bonds. The predicted octanol–water partition coefficient (Wildman–Crippen LogP) is 3.18. The number of hydrogen-bond donors (Lipinski definition) is 2. The van der Waals surface area contributed by atoms with E-state index in [1.54, 1.807) is 11.9 Å². The van der Waals surface area contributed by atoms with Crippen LogP contribution in [0.4, 0.5) is 5.69 Å². The topological polar surface area (TPSA) is 61.4 Å². The van der Waals surface area contributed by atoms with Crippen LogP contribution >= 0.6 is 0 Å². The highest BCUT2D eigenvalue weighted by Crippen LogP contribution is 2.17. The van der Waals surface area contributed by atoms with Gasteiger partial charge in [0.05, 0.1) is 13.1 Å². The van der Waals surface area contributed by atoms with Crippen LogP contribution in [0.2, 0.25) is 0 Å². The van der Waals surface area contributed by atoms with Crippen LogP contribution in [-0.2, 0) is 9.59 Å². The first kappa shape index (κ1) is 20.6. The zero-order valence-electron chi connectivity index (χ0n) is 16.4. The van der Waals surface area contributed by atoms with Crippen molar-refractivity contribution in [3.8, 4) is 0 Å². The number of anilines is 1. The van der Waals surface area contributed by atoms with Gasteiger partial charge in [0.1, 0.15) is 0 Å². The second-order valence-corrected chi connectivity index (χ2v) is 6.91. The molecule has 0 radical (unpaired) electrons. The van der Waals surface area contributed by atoms with Gasteiger partial charge >= 0.3 is 0 Å². The van der Waals surface area contributed by atoms with E-state index < -0.39 is 0 Å². The lowest BCUT2D eigenvalue weighted by Gasteiger charge is -2.19. The van der Waals surface area contributed by atoms with E-state index in [9.17, 15) is 9.59 Å². The Labute approximate surface area is 161 Å². The second kappa shape index (κ2) is 10.5. The van der Waals surface area contributed by atoms with Crippen LogP contribution < -0.4 is 10.6 Å².